The number of ether oxygens (including phenoxy) is 1. The standard InChI is InChI=1S/C15H18FN3O2/c1-10-14(11(2)19(18-10)7-8-21-3)17-15(20)12-5-4-6-13(16)9-12/h4-6,9H,7-8H2,1-3H3,(H,17,20). The fraction of sp³-hybridized carbons (Fsp3) is 0.333. The highest BCUT2D eigenvalue weighted by molar-refractivity contribution is 6.04. The third-order valence-electron chi connectivity index (χ3n) is 3.21. The van der Waals surface area contributed by atoms with Crippen LogP contribution in [0.4, 0.5) is 10.1 Å². The Kier molecular flexibility index (Phi) is 4.70. The number of carbonyl (C=O) groups excluding carboxylic acids is 1. The van der Waals surface area contributed by atoms with Crippen LogP contribution in [-0.4, -0.2) is 29.4 Å². The lowest BCUT2D eigenvalue weighted by Gasteiger charge is -2.07. The maximum absolute atomic E-state index is 13.2. The van der Waals surface area contributed by atoms with Gasteiger partial charge in [-0.15, -0.1) is 0 Å². The molecule has 0 aliphatic carbocycles. The summed E-state index contributed by atoms with van der Waals surface area (Å²) in [6.45, 7) is 4.84. The highest BCUT2D eigenvalue weighted by Crippen LogP contribution is 2.20. The molecule has 1 amide bonds. The molecule has 1 aromatic carbocycles. The first kappa shape index (κ1) is 15.2. The lowest BCUT2D eigenvalue weighted by Crippen LogP contribution is -2.14. The van der Waals surface area contributed by atoms with E-state index in [0.29, 0.717) is 24.5 Å². The van der Waals surface area contributed by atoms with Crippen molar-refractivity contribution in [2.45, 2.75) is 20.4 Å². The molecule has 1 N–H and O–H groups in total. The first-order valence-electron chi connectivity index (χ1n) is 6.62. The predicted molar refractivity (Wildman–Crippen MR) is 77.9 cm³/mol. The van der Waals surface area contributed by atoms with Crippen LogP contribution in [0, 0.1) is 19.7 Å². The van der Waals surface area contributed by atoms with Crippen molar-refractivity contribution >= 4 is 11.6 Å². The van der Waals surface area contributed by atoms with Crippen LogP contribution in [0.25, 0.3) is 0 Å². The molecule has 0 saturated carbocycles. The second-order valence-corrected chi connectivity index (χ2v) is 4.73. The van der Waals surface area contributed by atoms with Crippen molar-refractivity contribution in [3.8, 4) is 0 Å². The molecule has 1 aromatic heterocycles. The largest absolute Gasteiger partial charge is 0.383 e. The summed E-state index contributed by atoms with van der Waals surface area (Å²) < 4.78 is 20.0. The second-order valence-electron chi connectivity index (χ2n) is 4.73. The molecule has 5 nitrogen and oxygen atoms in total. The molecule has 0 atom stereocenters. The number of methoxy groups -OCH3 is 1. The summed E-state index contributed by atoms with van der Waals surface area (Å²) in [7, 11) is 1.62. The normalized spacial score (nSPS) is 10.7. The zero-order valence-corrected chi connectivity index (χ0v) is 12.3. The van der Waals surface area contributed by atoms with E-state index in [0.717, 1.165) is 5.69 Å². The fourth-order valence-corrected chi connectivity index (χ4v) is 2.09. The Labute approximate surface area is 122 Å². The Balaban J connectivity index is 2.19. The van der Waals surface area contributed by atoms with Gasteiger partial charge >= 0.3 is 0 Å². The van der Waals surface area contributed by atoms with Gasteiger partial charge in [-0.25, -0.2) is 4.39 Å². The fourth-order valence-electron chi connectivity index (χ4n) is 2.09. The first-order valence-corrected chi connectivity index (χ1v) is 6.62. The Morgan fingerprint density at radius 3 is 2.86 bits per heavy atom. The van der Waals surface area contributed by atoms with Gasteiger partial charge in [-0.05, 0) is 32.0 Å². The Morgan fingerprint density at radius 2 is 2.19 bits per heavy atom. The number of nitrogens with zero attached hydrogens (tertiary/aromatic N) is 2. The zero-order valence-electron chi connectivity index (χ0n) is 12.3. The van der Waals surface area contributed by atoms with Crippen molar-refractivity contribution in [1.82, 2.24) is 9.78 Å². The number of aryl methyl sites for hydroxylation is 1. The first-order chi connectivity index (χ1) is 10.0. The number of amides is 1. The molecule has 0 spiro atoms. The number of anilines is 1. The van der Waals surface area contributed by atoms with Crippen LogP contribution in [0.5, 0.6) is 0 Å². The van der Waals surface area contributed by atoms with Gasteiger partial charge in [0, 0.05) is 12.7 Å². The van der Waals surface area contributed by atoms with Gasteiger partial charge in [-0.1, -0.05) is 6.07 Å². The van der Waals surface area contributed by atoms with E-state index in [1.165, 1.54) is 18.2 Å². The van der Waals surface area contributed by atoms with E-state index in [1.54, 1.807) is 17.9 Å². The molecule has 2 aromatic rings. The number of aromatic nitrogens is 2. The van der Waals surface area contributed by atoms with E-state index < -0.39 is 5.82 Å². The van der Waals surface area contributed by atoms with Gasteiger partial charge in [-0.2, -0.15) is 5.10 Å². The lowest BCUT2D eigenvalue weighted by molar-refractivity contribution is 0.102. The topological polar surface area (TPSA) is 56.1 Å². The number of nitrogens with one attached hydrogen (secondary N) is 1. The minimum atomic E-state index is -0.438. The monoisotopic (exact) mass is 291 g/mol. The molecule has 0 bridgehead atoms. The van der Waals surface area contributed by atoms with Crippen molar-refractivity contribution in [1.29, 1.82) is 0 Å². The van der Waals surface area contributed by atoms with Crippen molar-refractivity contribution in [2.24, 2.45) is 0 Å². The van der Waals surface area contributed by atoms with E-state index >= 15 is 0 Å². The third-order valence-corrected chi connectivity index (χ3v) is 3.21. The molecule has 0 unspecified atom stereocenters. The molecule has 112 valence electrons. The summed E-state index contributed by atoms with van der Waals surface area (Å²) >= 11 is 0. The Morgan fingerprint density at radius 1 is 1.43 bits per heavy atom. The third kappa shape index (κ3) is 3.46. The molecule has 0 fully saturated rings. The maximum Gasteiger partial charge on any atom is 0.255 e. The summed E-state index contributed by atoms with van der Waals surface area (Å²) in [4.78, 5) is 12.2. The summed E-state index contributed by atoms with van der Waals surface area (Å²) in [5.74, 6) is -0.793. The van der Waals surface area contributed by atoms with Gasteiger partial charge in [0.15, 0.2) is 0 Å². The van der Waals surface area contributed by atoms with Crippen molar-refractivity contribution in [3.05, 3.63) is 47.0 Å². The average Bonchev–Trinajstić information content (AvgIpc) is 2.72. The maximum atomic E-state index is 13.2. The van der Waals surface area contributed by atoms with E-state index in [1.807, 2.05) is 13.8 Å². The van der Waals surface area contributed by atoms with Crippen LogP contribution in [0.3, 0.4) is 0 Å². The number of rotatable bonds is 5. The van der Waals surface area contributed by atoms with Crippen molar-refractivity contribution < 1.29 is 13.9 Å². The van der Waals surface area contributed by atoms with Gasteiger partial charge < -0.3 is 10.1 Å². The molecule has 21 heavy (non-hydrogen) atoms. The minimum absolute atomic E-state index is 0.276. The Hall–Kier alpha value is -2.21. The van der Waals surface area contributed by atoms with Crippen molar-refractivity contribution in [2.75, 3.05) is 19.0 Å². The molecule has 1 heterocycles. The predicted octanol–water partition coefficient (Wildman–Crippen LogP) is 2.54. The molecule has 0 aliphatic rings. The summed E-state index contributed by atoms with van der Waals surface area (Å²) in [5, 5.41) is 7.15. The molecule has 0 aliphatic heterocycles. The number of carbonyl (C=O) groups is 1. The smallest absolute Gasteiger partial charge is 0.255 e. The molecule has 2 rings (SSSR count). The molecular weight excluding hydrogens is 273 g/mol. The van der Waals surface area contributed by atoms with Crippen LogP contribution >= 0.6 is 0 Å². The van der Waals surface area contributed by atoms with Crippen LogP contribution < -0.4 is 5.32 Å². The summed E-state index contributed by atoms with van der Waals surface area (Å²) in [6.07, 6.45) is 0. The van der Waals surface area contributed by atoms with Crippen LogP contribution in [-0.2, 0) is 11.3 Å². The highest BCUT2D eigenvalue weighted by Gasteiger charge is 2.15. The molecule has 6 heteroatoms. The average molecular weight is 291 g/mol. The number of hydrogen-bond donors (Lipinski definition) is 1. The number of halogens is 1. The molecule has 0 saturated heterocycles. The van der Waals surface area contributed by atoms with Crippen LogP contribution in [0.1, 0.15) is 21.7 Å². The number of benzene rings is 1. The zero-order chi connectivity index (χ0) is 15.4. The van der Waals surface area contributed by atoms with Gasteiger partial charge in [0.1, 0.15) is 5.82 Å². The van der Waals surface area contributed by atoms with E-state index in [-0.39, 0.29) is 11.5 Å². The van der Waals surface area contributed by atoms with E-state index in [9.17, 15) is 9.18 Å². The van der Waals surface area contributed by atoms with Crippen molar-refractivity contribution in [3.63, 3.8) is 0 Å². The van der Waals surface area contributed by atoms with E-state index in [2.05, 4.69) is 10.4 Å². The van der Waals surface area contributed by atoms with Crippen LogP contribution in [0.15, 0.2) is 24.3 Å². The Bertz CT molecular complexity index is 652. The van der Waals surface area contributed by atoms with Gasteiger partial charge in [0.2, 0.25) is 0 Å². The summed E-state index contributed by atoms with van der Waals surface area (Å²) in [5.41, 5.74) is 2.49. The molecule has 0 radical (unpaired) electrons. The SMILES string of the molecule is COCCn1nc(C)c(NC(=O)c2cccc(F)c2)c1C. The van der Waals surface area contributed by atoms with Gasteiger partial charge in [0.05, 0.1) is 30.2 Å². The lowest BCUT2D eigenvalue weighted by atomic mass is 10.2. The summed E-state index contributed by atoms with van der Waals surface area (Å²) in [6, 6.07) is 5.58. The van der Waals surface area contributed by atoms with Crippen LogP contribution in [0.2, 0.25) is 0 Å². The van der Waals surface area contributed by atoms with E-state index in [4.69, 9.17) is 4.74 Å². The van der Waals surface area contributed by atoms with Gasteiger partial charge in [-0.3, -0.25) is 9.48 Å². The quantitative estimate of drug-likeness (QED) is 0.921. The highest BCUT2D eigenvalue weighted by atomic mass is 19.1. The number of hydrogen-bond acceptors (Lipinski definition) is 3. The van der Waals surface area contributed by atoms with Gasteiger partial charge in [0.25, 0.3) is 5.91 Å². The minimum Gasteiger partial charge on any atom is -0.383 e. The second kappa shape index (κ2) is 6.49. The molecular formula is C15H18FN3O2.